The molecule has 0 radical (unpaired) electrons. The number of benzene rings is 1. The SMILES string of the molecule is O=C(c1ccncc1)N1CCN(CCCc2nc(-c3ccccc3)no2)CC1. The van der Waals surface area contributed by atoms with Crippen LogP contribution in [-0.4, -0.2) is 63.6 Å². The summed E-state index contributed by atoms with van der Waals surface area (Å²) in [5.41, 5.74) is 1.67. The standard InChI is InChI=1S/C21H23N5O2/c27-21(18-8-10-22-11-9-18)26-15-13-25(14-16-26)12-4-7-19-23-20(24-28-19)17-5-2-1-3-6-17/h1-3,5-6,8-11H,4,7,12-16H2. The smallest absolute Gasteiger partial charge is 0.254 e. The zero-order valence-corrected chi connectivity index (χ0v) is 15.7. The number of hydrogen-bond acceptors (Lipinski definition) is 6. The van der Waals surface area contributed by atoms with Gasteiger partial charge in [0, 0.05) is 56.1 Å². The highest BCUT2D eigenvalue weighted by molar-refractivity contribution is 5.94. The van der Waals surface area contributed by atoms with E-state index in [1.807, 2.05) is 35.2 Å². The monoisotopic (exact) mass is 377 g/mol. The Bertz CT molecular complexity index is 889. The third-order valence-corrected chi connectivity index (χ3v) is 4.95. The van der Waals surface area contributed by atoms with Crippen molar-refractivity contribution >= 4 is 5.91 Å². The van der Waals surface area contributed by atoms with Crippen molar-refractivity contribution in [2.75, 3.05) is 32.7 Å². The Morgan fingerprint density at radius 2 is 1.75 bits per heavy atom. The molecular formula is C21H23N5O2. The van der Waals surface area contributed by atoms with Gasteiger partial charge in [0.2, 0.25) is 11.7 Å². The maximum atomic E-state index is 12.5. The Balaban J connectivity index is 1.21. The minimum atomic E-state index is 0.0846. The summed E-state index contributed by atoms with van der Waals surface area (Å²) in [6.07, 6.45) is 5.03. The fourth-order valence-corrected chi connectivity index (χ4v) is 3.37. The topological polar surface area (TPSA) is 75.4 Å². The molecule has 28 heavy (non-hydrogen) atoms. The van der Waals surface area contributed by atoms with Crippen molar-refractivity contribution in [3.63, 3.8) is 0 Å². The number of aromatic nitrogens is 3. The molecule has 0 spiro atoms. The summed E-state index contributed by atoms with van der Waals surface area (Å²) in [5, 5.41) is 4.06. The highest BCUT2D eigenvalue weighted by atomic mass is 16.5. The molecule has 1 aliphatic rings. The Labute approximate surface area is 164 Å². The number of aryl methyl sites for hydroxylation is 1. The van der Waals surface area contributed by atoms with Crippen LogP contribution in [0.15, 0.2) is 59.4 Å². The summed E-state index contributed by atoms with van der Waals surface area (Å²) in [4.78, 5) is 25.2. The van der Waals surface area contributed by atoms with Gasteiger partial charge in [-0.05, 0) is 25.1 Å². The average molecular weight is 377 g/mol. The van der Waals surface area contributed by atoms with Crippen molar-refractivity contribution in [2.45, 2.75) is 12.8 Å². The minimum Gasteiger partial charge on any atom is -0.339 e. The average Bonchev–Trinajstić information content (AvgIpc) is 3.24. The van der Waals surface area contributed by atoms with Crippen LogP contribution in [0.5, 0.6) is 0 Å². The second-order valence-corrected chi connectivity index (χ2v) is 6.85. The van der Waals surface area contributed by atoms with Crippen molar-refractivity contribution in [3.05, 3.63) is 66.3 Å². The Morgan fingerprint density at radius 1 is 1.00 bits per heavy atom. The first kappa shape index (κ1) is 18.3. The van der Waals surface area contributed by atoms with Crippen LogP contribution in [-0.2, 0) is 6.42 Å². The van der Waals surface area contributed by atoms with E-state index in [1.54, 1.807) is 24.5 Å². The number of carbonyl (C=O) groups is 1. The minimum absolute atomic E-state index is 0.0846. The van der Waals surface area contributed by atoms with E-state index >= 15 is 0 Å². The second kappa shape index (κ2) is 8.75. The van der Waals surface area contributed by atoms with Gasteiger partial charge < -0.3 is 9.42 Å². The summed E-state index contributed by atoms with van der Waals surface area (Å²) >= 11 is 0. The van der Waals surface area contributed by atoms with Crippen LogP contribution in [0.25, 0.3) is 11.4 Å². The molecule has 3 heterocycles. The highest BCUT2D eigenvalue weighted by Crippen LogP contribution is 2.15. The molecule has 0 N–H and O–H groups in total. The van der Waals surface area contributed by atoms with Gasteiger partial charge >= 0.3 is 0 Å². The lowest BCUT2D eigenvalue weighted by molar-refractivity contribution is 0.0635. The largest absolute Gasteiger partial charge is 0.339 e. The Morgan fingerprint density at radius 3 is 2.50 bits per heavy atom. The van der Waals surface area contributed by atoms with Gasteiger partial charge in [-0.25, -0.2) is 0 Å². The van der Waals surface area contributed by atoms with Gasteiger partial charge in [-0.2, -0.15) is 4.98 Å². The maximum absolute atomic E-state index is 12.5. The number of nitrogens with zero attached hydrogens (tertiary/aromatic N) is 5. The molecule has 4 rings (SSSR count). The number of piperazine rings is 1. The molecule has 1 amide bonds. The molecule has 7 heteroatoms. The fourth-order valence-electron chi connectivity index (χ4n) is 3.37. The molecule has 1 fully saturated rings. The molecule has 7 nitrogen and oxygen atoms in total. The van der Waals surface area contributed by atoms with E-state index < -0.39 is 0 Å². The van der Waals surface area contributed by atoms with Gasteiger partial charge in [0.05, 0.1) is 0 Å². The van der Waals surface area contributed by atoms with E-state index in [1.165, 1.54) is 0 Å². The lowest BCUT2D eigenvalue weighted by Crippen LogP contribution is -2.48. The van der Waals surface area contributed by atoms with Gasteiger partial charge in [0.1, 0.15) is 0 Å². The molecule has 1 aromatic carbocycles. The van der Waals surface area contributed by atoms with Crippen LogP contribution in [0, 0.1) is 0 Å². The molecule has 0 bridgehead atoms. The third kappa shape index (κ3) is 4.43. The van der Waals surface area contributed by atoms with E-state index in [4.69, 9.17) is 4.52 Å². The molecule has 0 aliphatic carbocycles. The van der Waals surface area contributed by atoms with Gasteiger partial charge in [-0.1, -0.05) is 35.5 Å². The second-order valence-electron chi connectivity index (χ2n) is 6.85. The predicted octanol–water partition coefficient (Wildman–Crippen LogP) is 2.52. The van der Waals surface area contributed by atoms with Crippen LogP contribution < -0.4 is 0 Å². The molecule has 0 saturated carbocycles. The number of carbonyl (C=O) groups excluding carboxylic acids is 1. The van der Waals surface area contributed by atoms with Gasteiger partial charge in [-0.3, -0.25) is 14.7 Å². The maximum Gasteiger partial charge on any atom is 0.254 e. The van der Waals surface area contributed by atoms with Gasteiger partial charge in [-0.15, -0.1) is 0 Å². The van der Waals surface area contributed by atoms with E-state index in [-0.39, 0.29) is 5.91 Å². The summed E-state index contributed by atoms with van der Waals surface area (Å²) in [6, 6.07) is 13.4. The lowest BCUT2D eigenvalue weighted by atomic mass is 10.2. The van der Waals surface area contributed by atoms with Gasteiger partial charge in [0.25, 0.3) is 5.91 Å². The first-order chi connectivity index (χ1) is 13.8. The third-order valence-electron chi connectivity index (χ3n) is 4.95. The normalized spacial score (nSPS) is 14.9. The van der Waals surface area contributed by atoms with Crippen molar-refractivity contribution < 1.29 is 9.32 Å². The summed E-state index contributed by atoms with van der Waals surface area (Å²) in [5.74, 6) is 1.39. The fraction of sp³-hybridized carbons (Fsp3) is 0.333. The lowest BCUT2D eigenvalue weighted by Gasteiger charge is -2.34. The zero-order chi connectivity index (χ0) is 19.2. The molecule has 144 valence electrons. The first-order valence-corrected chi connectivity index (χ1v) is 9.59. The summed E-state index contributed by atoms with van der Waals surface area (Å²) < 4.78 is 5.37. The van der Waals surface area contributed by atoms with Crippen LogP contribution in [0.1, 0.15) is 22.7 Å². The molecule has 2 aromatic heterocycles. The summed E-state index contributed by atoms with van der Waals surface area (Å²) in [6.45, 7) is 4.23. The van der Waals surface area contributed by atoms with Gasteiger partial charge in [0.15, 0.2) is 0 Å². The quantitative estimate of drug-likeness (QED) is 0.657. The molecule has 1 saturated heterocycles. The van der Waals surface area contributed by atoms with Crippen LogP contribution >= 0.6 is 0 Å². The van der Waals surface area contributed by atoms with Crippen LogP contribution in [0.4, 0.5) is 0 Å². The van der Waals surface area contributed by atoms with Crippen molar-refractivity contribution in [2.24, 2.45) is 0 Å². The number of hydrogen-bond donors (Lipinski definition) is 0. The van der Waals surface area contributed by atoms with E-state index in [0.29, 0.717) is 17.3 Å². The van der Waals surface area contributed by atoms with Crippen molar-refractivity contribution in [1.29, 1.82) is 0 Å². The summed E-state index contributed by atoms with van der Waals surface area (Å²) in [7, 11) is 0. The number of amides is 1. The van der Waals surface area contributed by atoms with E-state index in [9.17, 15) is 4.79 Å². The highest BCUT2D eigenvalue weighted by Gasteiger charge is 2.21. The number of rotatable bonds is 6. The molecule has 1 aliphatic heterocycles. The molecule has 0 unspecified atom stereocenters. The van der Waals surface area contributed by atoms with E-state index in [0.717, 1.165) is 51.1 Å². The first-order valence-electron chi connectivity index (χ1n) is 9.59. The van der Waals surface area contributed by atoms with Crippen LogP contribution in [0.2, 0.25) is 0 Å². The predicted molar refractivity (Wildman–Crippen MR) is 105 cm³/mol. The number of pyridine rings is 1. The Kier molecular flexibility index (Phi) is 5.72. The van der Waals surface area contributed by atoms with E-state index in [2.05, 4.69) is 20.0 Å². The zero-order valence-electron chi connectivity index (χ0n) is 15.7. The van der Waals surface area contributed by atoms with Crippen molar-refractivity contribution in [3.8, 4) is 11.4 Å². The van der Waals surface area contributed by atoms with Crippen molar-refractivity contribution in [1.82, 2.24) is 24.9 Å². The van der Waals surface area contributed by atoms with Crippen LogP contribution in [0.3, 0.4) is 0 Å². The molecule has 0 atom stereocenters. The molecule has 3 aromatic rings. The molecular weight excluding hydrogens is 354 g/mol. The Hall–Kier alpha value is -3.06.